The van der Waals surface area contributed by atoms with Crippen LogP contribution >= 0.6 is 11.3 Å². The summed E-state index contributed by atoms with van der Waals surface area (Å²) in [6, 6.07) is 1.60. The molecule has 9 heteroatoms. The molecule has 2 aliphatic rings. The second-order valence-electron chi connectivity index (χ2n) is 8.31. The van der Waals surface area contributed by atoms with E-state index in [1.807, 2.05) is 11.4 Å². The summed E-state index contributed by atoms with van der Waals surface area (Å²) < 4.78 is 10.2. The lowest BCUT2D eigenvalue weighted by molar-refractivity contribution is -0.175. The molecule has 0 spiro atoms. The number of esters is 2. The van der Waals surface area contributed by atoms with Crippen molar-refractivity contribution in [1.82, 2.24) is 4.90 Å². The number of amides is 1. The summed E-state index contributed by atoms with van der Waals surface area (Å²) in [4.78, 5) is 39.6. The zero-order valence-corrected chi connectivity index (χ0v) is 17.7. The van der Waals surface area contributed by atoms with Gasteiger partial charge in [-0.1, -0.05) is 0 Å². The topological polar surface area (TPSA) is 119 Å². The molecule has 1 fully saturated rings. The number of hydrogen-bond donors (Lipinski definition) is 2. The quantitative estimate of drug-likeness (QED) is 0.406. The fourth-order valence-corrected chi connectivity index (χ4v) is 4.36. The molecular weight excluding hydrogens is 396 g/mol. The molecule has 0 bridgehead atoms. The molecule has 1 saturated heterocycles. The van der Waals surface area contributed by atoms with Crippen LogP contribution < -0.4 is 5.73 Å². The Balaban J connectivity index is 1.82. The first-order chi connectivity index (χ1) is 13.6. The van der Waals surface area contributed by atoms with E-state index >= 15 is 0 Å². The van der Waals surface area contributed by atoms with Gasteiger partial charge in [-0.25, -0.2) is 4.79 Å². The predicted molar refractivity (Wildman–Crippen MR) is 106 cm³/mol. The van der Waals surface area contributed by atoms with Crippen LogP contribution in [0.1, 0.15) is 44.6 Å². The summed E-state index contributed by atoms with van der Waals surface area (Å²) in [6.45, 7) is 6.50. The third-order valence-corrected chi connectivity index (χ3v) is 6.08. The number of carbonyl (C=O) groups excluding carboxylic acids is 3. The summed E-state index contributed by atoms with van der Waals surface area (Å²) in [6.07, 6.45) is -0.371. The first kappa shape index (κ1) is 21.5. The SMILES string of the molecule is C[C@@H](O)[C@H]1C(=O)N2C(C(=O)OCOC(=O)C(C)(C)C)=C(c3csc(CN)c3)C[C@H]12. The summed E-state index contributed by atoms with van der Waals surface area (Å²) in [5.74, 6) is -2.10. The number of thiophene rings is 1. The number of aliphatic hydroxyl groups is 1. The van der Waals surface area contributed by atoms with E-state index in [-0.39, 0.29) is 17.6 Å². The molecule has 8 nitrogen and oxygen atoms in total. The molecule has 29 heavy (non-hydrogen) atoms. The molecule has 0 unspecified atom stereocenters. The van der Waals surface area contributed by atoms with Gasteiger partial charge in [0.25, 0.3) is 0 Å². The van der Waals surface area contributed by atoms with E-state index in [1.165, 1.54) is 16.2 Å². The molecule has 1 amide bonds. The molecule has 158 valence electrons. The van der Waals surface area contributed by atoms with Gasteiger partial charge in [0.2, 0.25) is 12.7 Å². The van der Waals surface area contributed by atoms with Crippen molar-refractivity contribution in [3.05, 3.63) is 27.6 Å². The van der Waals surface area contributed by atoms with E-state index < -0.39 is 36.2 Å². The van der Waals surface area contributed by atoms with Gasteiger partial charge < -0.3 is 25.2 Å². The average Bonchev–Trinajstić information content (AvgIpc) is 3.22. The molecule has 0 aliphatic carbocycles. The fraction of sp³-hybridized carbons (Fsp3) is 0.550. The fourth-order valence-electron chi connectivity index (χ4n) is 3.58. The maximum Gasteiger partial charge on any atom is 0.358 e. The van der Waals surface area contributed by atoms with Crippen molar-refractivity contribution >= 4 is 34.8 Å². The zero-order valence-electron chi connectivity index (χ0n) is 16.9. The lowest BCUT2D eigenvalue weighted by Crippen LogP contribution is -2.61. The van der Waals surface area contributed by atoms with Gasteiger partial charge in [-0.05, 0) is 56.7 Å². The number of nitrogens with zero attached hydrogens (tertiary/aromatic N) is 1. The highest BCUT2D eigenvalue weighted by Gasteiger charge is 2.57. The monoisotopic (exact) mass is 422 g/mol. The number of rotatable bonds is 6. The zero-order chi connectivity index (χ0) is 21.5. The van der Waals surface area contributed by atoms with Crippen molar-refractivity contribution < 1.29 is 29.0 Å². The van der Waals surface area contributed by atoms with Crippen LogP contribution in [0.2, 0.25) is 0 Å². The van der Waals surface area contributed by atoms with Gasteiger partial charge in [-0.2, -0.15) is 0 Å². The van der Waals surface area contributed by atoms with Crippen molar-refractivity contribution in [1.29, 1.82) is 0 Å². The minimum Gasteiger partial charge on any atom is -0.427 e. The number of fused-ring (bicyclic) bond motifs is 1. The number of hydrogen-bond acceptors (Lipinski definition) is 8. The molecule has 3 heterocycles. The molecule has 3 N–H and O–H groups in total. The molecule has 0 saturated carbocycles. The van der Waals surface area contributed by atoms with E-state index in [0.717, 1.165) is 10.4 Å². The van der Waals surface area contributed by atoms with Crippen molar-refractivity contribution in [3.8, 4) is 0 Å². The maximum atomic E-state index is 12.8. The number of carbonyl (C=O) groups is 3. The standard InChI is InChI=1S/C20H26N2O6S/c1-10(23)15-14-6-13(11-5-12(7-21)29-8-11)16(22(14)17(15)24)18(25)27-9-28-19(26)20(2,3)4/h5,8,10,14-15,23H,6-7,9,21H2,1-4H3/t10-,14-,15-/m1/s1. The largest absolute Gasteiger partial charge is 0.427 e. The lowest BCUT2D eigenvalue weighted by atomic mass is 9.82. The van der Waals surface area contributed by atoms with Crippen LogP contribution in [0.25, 0.3) is 5.57 Å². The molecule has 1 aromatic heterocycles. The molecular formula is C20H26N2O6S. The number of aliphatic hydroxyl groups excluding tert-OH is 1. The van der Waals surface area contributed by atoms with Crippen LogP contribution in [-0.4, -0.2) is 46.8 Å². The highest BCUT2D eigenvalue weighted by atomic mass is 32.1. The molecule has 0 radical (unpaired) electrons. The Morgan fingerprint density at radius 1 is 1.38 bits per heavy atom. The molecule has 3 rings (SSSR count). The van der Waals surface area contributed by atoms with Gasteiger partial charge in [0.1, 0.15) is 5.70 Å². The maximum absolute atomic E-state index is 12.8. The van der Waals surface area contributed by atoms with Gasteiger partial charge in [0, 0.05) is 11.4 Å². The Hall–Kier alpha value is -2.23. The van der Waals surface area contributed by atoms with Crippen LogP contribution in [0.5, 0.6) is 0 Å². The normalized spacial score (nSPS) is 22.3. The van der Waals surface area contributed by atoms with Crippen LogP contribution in [-0.2, 0) is 30.4 Å². The van der Waals surface area contributed by atoms with Crippen molar-refractivity contribution in [2.24, 2.45) is 17.1 Å². The van der Waals surface area contributed by atoms with Gasteiger partial charge in [-0.3, -0.25) is 9.59 Å². The molecule has 1 aromatic rings. The van der Waals surface area contributed by atoms with Crippen LogP contribution in [0.15, 0.2) is 17.1 Å². The Morgan fingerprint density at radius 3 is 2.62 bits per heavy atom. The highest BCUT2D eigenvalue weighted by molar-refractivity contribution is 7.10. The van der Waals surface area contributed by atoms with Crippen LogP contribution in [0.3, 0.4) is 0 Å². The van der Waals surface area contributed by atoms with Crippen LogP contribution in [0.4, 0.5) is 0 Å². The predicted octanol–water partition coefficient (Wildman–Crippen LogP) is 1.62. The van der Waals surface area contributed by atoms with Gasteiger partial charge in [0.05, 0.1) is 23.5 Å². The Labute approximate surface area is 173 Å². The smallest absolute Gasteiger partial charge is 0.358 e. The van der Waals surface area contributed by atoms with Crippen molar-refractivity contribution in [3.63, 3.8) is 0 Å². The third kappa shape index (κ3) is 3.94. The lowest BCUT2D eigenvalue weighted by Gasteiger charge is -2.44. The summed E-state index contributed by atoms with van der Waals surface area (Å²) >= 11 is 1.47. The van der Waals surface area contributed by atoms with E-state index in [0.29, 0.717) is 18.5 Å². The van der Waals surface area contributed by atoms with E-state index in [2.05, 4.69) is 0 Å². The van der Waals surface area contributed by atoms with Gasteiger partial charge >= 0.3 is 11.9 Å². The highest BCUT2D eigenvalue weighted by Crippen LogP contribution is 2.47. The third-order valence-electron chi connectivity index (χ3n) is 5.12. The number of nitrogens with two attached hydrogens (primary N) is 1. The van der Waals surface area contributed by atoms with Crippen molar-refractivity contribution in [2.75, 3.05) is 6.79 Å². The Kier molecular flexibility index (Phi) is 5.84. The van der Waals surface area contributed by atoms with Gasteiger partial charge in [0.15, 0.2) is 0 Å². The van der Waals surface area contributed by atoms with E-state index in [9.17, 15) is 19.5 Å². The number of β-lactam (4-membered cyclic amide) rings is 1. The number of ether oxygens (including phenoxy) is 2. The summed E-state index contributed by atoms with van der Waals surface area (Å²) in [5.41, 5.74) is 6.60. The first-order valence-electron chi connectivity index (χ1n) is 9.42. The molecule has 3 atom stereocenters. The second kappa shape index (κ2) is 7.89. The minimum atomic E-state index is -0.810. The van der Waals surface area contributed by atoms with Crippen LogP contribution in [0, 0.1) is 11.3 Å². The second-order valence-corrected chi connectivity index (χ2v) is 9.31. The molecule has 2 aliphatic heterocycles. The van der Waals surface area contributed by atoms with E-state index in [1.54, 1.807) is 27.7 Å². The molecule has 0 aromatic carbocycles. The van der Waals surface area contributed by atoms with Gasteiger partial charge in [-0.15, -0.1) is 11.3 Å². The Bertz CT molecular complexity index is 867. The first-order valence-corrected chi connectivity index (χ1v) is 10.3. The summed E-state index contributed by atoms with van der Waals surface area (Å²) in [7, 11) is 0. The Morgan fingerprint density at radius 2 is 2.07 bits per heavy atom. The average molecular weight is 423 g/mol. The summed E-state index contributed by atoms with van der Waals surface area (Å²) in [5, 5.41) is 11.8. The van der Waals surface area contributed by atoms with Crippen molar-refractivity contribution in [2.45, 2.75) is 52.8 Å². The minimum absolute atomic E-state index is 0.144. The van der Waals surface area contributed by atoms with E-state index in [4.69, 9.17) is 15.2 Å².